The number of Topliss-reactive ketones (excluding diaryl/α,β-unsaturated/α-hetero) is 3. The van der Waals surface area contributed by atoms with Crippen LogP contribution < -0.4 is 20.1 Å². The van der Waals surface area contributed by atoms with Gasteiger partial charge in [0.2, 0.25) is 11.8 Å². The predicted octanol–water partition coefficient (Wildman–Crippen LogP) is 6.11. The number of ketones is 3. The zero-order valence-corrected chi connectivity index (χ0v) is 42.5. The lowest BCUT2D eigenvalue weighted by molar-refractivity contribution is -0.940. The van der Waals surface area contributed by atoms with Gasteiger partial charge in [-0.1, -0.05) is 93.6 Å². The quantitative estimate of drug-likeness (QED) is 0.0287. The Morgan fingerprint density at radius 3 is 2.01 bits per heavy atom. The van der Waals surface area contributed by atoms with E-state index in [2.05, 4.69) is 20.9 Å². The van der Waals surface area contributed by atoms with E-state index in [-0.39, 0.29) is 67.3 Å². The van der Waals surface area contributed by atoms with Crippen LogP contribution >= 0.6 is 0 Å². The minimum absolute atomic E-state index is 0.00840. The summed E-state index contributed by atoms with van der Waals surface area (Å²) in [6, 6.07) is 22.9. The van der Waals surface area contributed by atoms with Crippen LogP contribution in [-0.2, 0) is 71.3 Å². The summed E-state index contributed by atoms with van der Waals surface area (Å²) in [4.78, 5) is 83.7. The smallest absolute Gasteiger partial charge is 0.308 e. The van der Waals surface area contributed by atoms with Crippen LogP contribution in [0.15, 0.2) is 85.1 Å². The first-order valence-corrected chi connectivity index (χ1v) is 25.0. The summed E-state index contributed by atoms with van der Waals surface area (Å²) >= 11 is 0. The Morgan fingerprint density at radius 1 is 0.789 bits per heavy atom. The van der Waals surface area contributed by atoms with Gasteiger partial charge in [0.25, 0.3) is 0 Å². The molecule has 0 saturated carbocycles. The van der Waals surface area contributed by atoms with E-state index in [1.165, 1.54) is 6.92 Å². The van der Waals surface area contributed by atoms with Crippen molar-refractivity contribution in [1.29, 1.82) is 0 Å². The second-order valence-corrected chi connectivity index (χ2v) is 20.6. The molecular formula is C55H73N6O10+. The standard InChI is InChI=1S/C55H72N6O10/c1-37(2)26-47(49(64)31-44(28-41-16-12-9-13-17-41)54(67)57-48(27-38(3)4)52(65)55(6)36-70-55)56-53(66)43(20-18-40-14-10-8-11-15-40)30-46(63)34-61(22-24-68-25-23-61)33-42-19-21-50(71-39(5)62)51(29-42)69-35-45-32-60(7)59-58-45/h8-17,19,21,29,32,37-38,43-44,47-48H,18,20,22-28,30-31,33-36H2,1-7H3,(H-,56,57,66,67)/p+1/t43-,44-,47+,48+,55-/m1/s1. The molecule has 2 fully saturated rings. The Kier molecular flexibility index (Phi) is 19.4. The first-order valence-electron chi connectivity index (χ1n) is 25.0. The second kappa shape index (κ2) is 25.3. The largest absolute Gasteiger partial charge is 0.483 e. The minimum atomic E-state index is -0.939. The normalized spacial score (nSPS) is 17.9. The van der Waals surface area contributed by atoms with Crippen LogP contribution in [0, 0.1) is 23.7 Å². The fraction of sp³-hybridized carbons (Fsp3) is 0.527. The molecule has 3 aromatic carbocycles. The number of nitrogens with zero attached hydrogens (tertiary/aromatic N) is 4. The van der Waals surface area contributed by atoms with E-state index < -0.39 is 47.3 Å². The molecular weight excluding hydrogens is 905 g/mol. The third-order valence-corrected chi connectivity index (χ3v) is 13.2. The molecule has 2 aliphatic heterocycles. The maximum Gasteiger partial charge on any atom is 0.308 e. The van der Waals surface area contributed by atoms with Crippen LogP contribution in [0.4, 0.5) is 0 Å². The fourth-order valence-corrected chi connectivity index (χ4v) is 9.32. The van der Waals surface area contributed by atoms with Crippen molar-refractivity contribution in [1.82, 2.24) is 25.6 Å². The highest BCUT2D eigenvalue weighted by atomic mass is 16.6. The van der Waals surface area contributed by atoms with Gasteiger partial charge in [-0.05, 0) is 80.2 Å². The van der Waals surface area contributed by atoms with Crippen molar-refractivity contribution in [3.05, 3.63) is 107 Å². The van der Waals surface area contributed by atoms with Gasteiger partial charge in [-0.25, -0.2) is 0 Å². The van der Waals surface area contributed by atoms with Gasteiger partial charge >= 0.3 is 5.97 Å². The highest BCUT2D eigenvalue weighted by Gasteiger charge is 2.50. The van der Waals surface area contributed by atoms with Gasteiger partial charge < -0.3 is 34.1 Å². The Balaban J connectivity index is 1.20. The summed E-state index contributed by atoms with van der Waals surface area (Å²) < 4.78 is 24.8. The van der Waals surface area contributed by atoms with Crippen LogP contribution in [0.2, 0.25) is 0 Å². The molecule has 382 valence electrons. The Hall–Kier alpha value is -6.10. The highest BCUT2D eigenvalue weighted by Crippen LogP contribution is 2.33. The molecule has 71 heavy (non-hydrogen) atoms. The SMILES string of the molecule is CC(=O)Oc1ccc(C[N+]2(CC(=O)C[C@@H](CCc3ccccc3)C(=O)N[C@@H](CC(C)C)C(=O)C[C@@H](Cc3ccccc3)C(=O)N[C@@H](CC(C)C)C(=O)[C@@]3(C)CO3)CCOCC2)cc1OCc1cn(C)nn1. The zero-order chi connectivity index (χ0) is 51.1. The van der Waals surface area contributed by atoms with Crippen molar-refractivity contribution >= 4 is 35.1 Å². The highest BCUT2D eigenvalue weighted by molar-refractivity contribution is 5.98. The number of aryl methyl sites for hydroxylation is 2. The summed E-state index contributed by atoms with van der Waals surface area (Å²) in [6.45, 7) is 13.9. The molecule has 16 nitrogen and oxygen atoms in total. The van der Waals surface area contributed by atoms with Crippen molar-refractivity contribution in [3.63, 3.8) is 0 Å². The Morgan fingerprint density at radius 2 is 1.41 bits per heavy atom. The monoisotopic (exact) mass is 978 g/mol. The van der Waals surface area contributed by atoms with Gasteiger partial charge in [-0.15, -0.1) is 5.10 Å². The third kappa shape index (κ3) is 16.8. The molecule has 1 aromatic heterocycles. The number of benzene rings is 3. The topological polar surface area (TPSA) is 197 Å². The maximum absolute atomic E-state index is 14.7. The van der Waals surface area contributed by atoms with Crippen LogP contribution in [0.1, 0.15) is 96.0 Å². The van der Waals surface area contributed by atoms with Gasteiger partial charge in [-0.3, -0.25) is 33.4 Å². The molecule has 4 aromatic rings. The first kappa shape index (κ1) is 54.2. The summed E-state index contributed by atoms with van der Waals surface area (Å²) in [7, 11) is 1.76. The molecule has 16 heteroatoms. The number of carbonyl (C=O) groups excluding carboxylic acids is 6. The maximum atomic E-state index is 14.7. The Bertz CT molecular complexity index is 2430. The molecule has 3 heterocycles. The van der Waals surface area contributed by atoms with Crippen LogP contribution in [0.3, 0.4) is 0 Å². The minimum Gasteiger partial charge on any atom is -0.483 e. The summed E-state index contributed by atoms with van der Waals surface area (Å²) in [6.07, 6.45) is 3.42. The lowest BCUT2D eigenvalue weighted by atomic mass is 9.87. The van der Waals surface area contributed by atoms with E-state index in [1.54, 1.807) is 30.9 Å². The predicted molar refractivity (Wildman–Crippen MR) is 266 cm³/mol. The van der Waals surface area contributed by atoms with Gasteiger partial charge in [0, 0.05) is 44.2 Å². The first-order chi connectivity index (χ1) is 33.9. The van der Waals surface area contributed by atoms with Crippen LogP contribution in [0.5, 0.6) is 11.5 Å². The van der Waals surface area contributed by atoms with E-state index >= 15 is 0 Å². The number of morpholine rings is 1. The Labute approximate surface area is 418 Å². The fourth-order valence-electron chi connectivity index (χ4n) is 9.32. The van der Waals surface area contributed by atoms with Crippen molar-refractivity contribution < 1.29 is 52.2 Å². The number of quaternary nitrogens is 1. The lowest BCUT2D eigenvalue weighted by Crippen LogP contribution is -2.57. The number of ether oxygens (including phenoxy) is 4. The molecule has 0 unspecified atom stereocenters. The van der Waals surface area contributed by atoms with E-state index in [4.69, 9.17) is 18.9 Å². The number of esters is 1. The second-order valence-electron chi connectivity index (χ2n) is 20.6. The number of hydrogen-bond donors (Lipinski definition) is 2. The number of amides is 2. The number of epoxide rings is 1. The molecule has 6 rings (SSSR count). The van der Waals surface area contributed by atoms with E-state index in [0.717, 1.165) is 16.7 Å². The van der Waals surface area contributed by atoms with Crippen LogP contribution in [0.25, 0.3) is 0 Å². The van der Waals surface area contributed by atoms with Gasteiger partial charge in [0.05, 0.1) is 38.1 Å². The molecule has 2 N–H and O–H groups in total. The van der Waals surface area contributed by atoms with Crippen molar-refractivity contribution in [2.24, 2.45) is 30.7 Å². The molecule has 2 aliphatic rings. The van der Waals surface area contributed by atoms with Crippen LogP contribution in [-0.4, -0.2) is 112 Å². The lowest BCUT2D eigenvalue weighted by Gasteiger charge is -2.41. The molecule has 2 saturated heterocycles. The number of nitrogens with one attached hydrogen (secondary N) is 2. The van der Waals surface area contributed by atoms with Crippen molar-refractivity contribution in [2.45, 2.75) is 117 Å². The number of rotatable bonds is 28. The summed E-state index contributed by atoms with van der Waals surface area (Å²) in [5.41, 5.74) is 2.39. The zero-order valence-electron chi connectivity index (χ0n) is 42.5. The number of carbonyl (C=O) groups is 6. The van der Waals surface area contributed by atoms with E-state index in [1.807, 2.05) is 100 Å². The summed E-state index contributed by atoms with van der Waals surface area (Å²) in [5.74, 6) is -2.73. The average molecular weight is 978 g/mol. The molecule has 0 radical (unpaired) electrons. The van der Waals surface area contributed by atoms with E-state index in [9.17, 15) is 28.8 Å². The number of aromatic nitrogens is 3. The van der Waals surface area contributed by atoms with Crippen molar-refractivity contribution in [2.75, 3.05) is 39.5 Å². The molecule has 2 amide bonds. The summed E-state index contributed by atoms with van der Waals surface area (Å²) in [5, 5.41) is 14.2. The number of hydrogen-bond acceptors (Lipinski definition) is 12. The molecule has 0 spiro atoms. The molecule has 0 bridgehead atoms. The van der Waals surface area contributed by atoms with Gasteiger partial charge in [-0.2, -0.15) is 0 Å². The van der Waals surface area contributed by atoms with Crippen molar-refractivity contribution in [3.8, 4) is 11.5 Å². The van der Waals surface area contributed by atoms with Gasteiger partial charge in [0.1, 0.15) is 44.1 Å². The molecule has 5 atom stereocenters. The van der Waals surface area contributed by atoms with E-state index in [0.29, 0.717) is 81.1 Å². The average Bonchev–Trinajstić information content (AvgIpc) is 3.95. The third-order valence-electron chi connectivity index (χ3n) is 13.2. The van der Waals surface area contributed by atoms with Gasteiger partial charge in [0.15, 0.2) is 28.8 Å². The molecule has 0 aliphatic carbocycles.